The van der Waals surface area contributed by atoms with Crippen LogP contribution in [0.1, 0.15) is 48.1 Å². The molecule has 2 aromatic carbocycles. The monoisotopic (exact) mass is 558 g/mol. The molecule has 41 heavy (non-hydrogen) atoms. The number of hydrogen-bond acceptors (Lipinski definition) is 7. The van der Waals surface area contributed by atoms with Gasteiger partial charge in [0.2, 0.25) is 12.2 Å². The molecule has 0 spiro atoms. The first-order chi connectivity index (χ1) is 19.8. The molecule has 3 heterocycles. The number of fused-ring (bicyclic) bond motifs is 1. The van der Waals surface area contributed by atoms with Gasteiger partial charge < -0.3 is 24.5 Å². The summed E-state index contributed by atoms with van der Waals surface area (Å²) in [4.78, 5) is 22.6. The van der Waals surface area contributed by atoms with Crippen LogP contribution in [0.4, 0.5) is 10.1 Å². The van der Waals surface area contributed by atoms with Crippen molar-refractivity contribution in [3.8, 4) is 11.6 Å². The predicted molar refractivity (Wildman–Crippen MR) is 152 cm³/mol. The number of ether oxygens (including phenoxy) is 2. The van der Waals surface area contributed by atoms with Gasteiger partial charge in [-0.05, 0) is 43.2 Å². The van der Waals surface area contributed by atoms with Crippen LogP contribution in [0.15, 0.2) is 73.1 Å². The Hall–Kier alpha value is -4.77. The molecule has 2 unspecified atom stereocenters. The molecular formula is C30H31FN6O4. The molecule has 0 saturated heterocycles. The van der Waals surface area contributed by atoms with E-state index in [0.717, 1.165) is 0 Å². The number of pyridine rings is 1. The molecule has 3 aromatic heterocycles. The van der Waals surface area contributed by atoms with E-state index in [9.17, 15) is 14.3 Å². The van der Waals surface area contributed by atoms with Crippen molar-refractivity contribution in [3.05, 3.63) is 95.6 Å². The average Bonchev–Trinajstić information content (AvgIpc) is 3.60. The highest BCUT2D eigenvalue weighted by Gasteiger charge is 2.39. The molecule has 0 bridgehead atoms. The van der Waals surface area contributed by atoms with Crippen molar-refractivity contribution in [2.24, 2.45) is 0 Å². The molecule has 0 saturated carbocycles. The van der Waals surface area contributed by atoms with E-state index < -0.39 is 17.9 Å². The molecule has 10 nitrogen and oxygen atoms in total. The van der Waals surface area contributed by atoms with Crippen molar-refractivity contribution in [2.45, 2.75) is 45.8 Å². The van der Waals surface area contributed by atoms with Crippen molar-refractivity contribution in [3.63, 3.8) is 0 Å². The van der Waals surface area contributed by atoms with Gasteiger partial charge in [0, 0.05) is 26.2 Å². The molecule has 1 amide bonds. The van der Waals surface area contributed by atoms with Crippen LogP contribution in [0.3, 0.4) is 0 Å². The second-order valence-electron chi connectivity index (χ2n) is 9.37. The van der Waals surface area contributed by atoms with E-state index >= 15 is 0 Å². The van der Waals surface area contributed by atoms with Crippen LogP contribution in [0.2, 0.25) is 0 Å². The standard InChI is InChI=1S/C30H31FN6O4/c1-5-36-18-22(17-32-36)33-27(38)24-16-25-26(34-28(24)40-4)35-29(37(25)6-2)30(39,20-10-8-7-9-11-20)21-12-14-23(15-13-21)41-19(3)31/h7-19,39H,5-6H2,1-4H3,(H,33,38). The van der Waals surface area contributed by atoms with Gasteiger partial charge in [-0.3, -0.25) is 9.48 Å². The number of imidazole rings is 1. The first kappa shape index (κ1) is 27.8. The number of nitrogens with one attached hydrogen (secondary N) is 1. The predicted octanol–water partition coefficient (Wildman–Crippen LogP) is 4.91. The molecule has 0 radical (unpaired) electrons. The highest BCUT2D eigenvalue weighted by molar-refractivity contribution is 6.07. The maximum Gasteiger partial charge on any atom is 0.261 e. The second-order valence-corrected chi connectivity index (χ2v) is 9.37. The summed E-state index contributed by atoms with van der Waals surface area (Å²) < 4.78 is 27.6. The number of amides is 1. The number of aromatic nitrogens is 5. The Balaban J connectivity index is 1.65. The van der Waals surface area contributed by atoms with Crippen molar-refractivity contribution >= 4 is 22.8 Å². The number of methoxy groups -OCH3 is 1. The number of carbonyl (C=O) groups is 1. The molecule has 2 N–H and O–H groups in total. The Labute approximate surface area is 236 Å². The van der Waals surface area contributed by atoms with Crippen LogP contribution in [0.5, 0.6) is 11.6 Å². The third-order valence-corrected chi connectivity index (χ3v) is 6.76. The number of benzene rings is 2. The Morgan fingerprint density at radius 2 is 1.78 bits per heavy atom. The summed E-state index contributed by atoms with van der Waals surface area (Å²) in [7, 11) is 1.43. The summed E-state index contributed by atoms with van der Waals surface area (Å²) >= 11 is 0. The zero-order valence-corrected chi connectivity index (χ0v) is 23.2. The zero-order valence-electron chi connectivity index (χ0n) is 23.2. The lowest BCUT2D eigenvalue weighted by Crippen LogP contribution is -2.32. The third kappa shape index (κ3) is 5.23. The lowest BCUT2D eigenvalue weighted by Gasteiger charge is -2.29. The topological polar surface area (TPSA) is 116 Å². The number of hydrogen-bond donors (Lipinski definition) is 2. The average molecular weight is 559 g/mol. The molecule has 2 atom stereocenters. The number of halogens is 1. The van der Waals surface area contributed by atoms with E-state index in [1.807, 2.05) is 36.6 Å². The number of nitrogens with zero attached hydrogens (tertiary/aromatic N) is 5. The van der Waals surface area contributed by atoms with Gasteiger partial charge in [0.15, 0.2) is 17.1 Å². The van der Waals surface area contributed by atoms with E-state index in [0.29, 0.717) is 52.6 Å². The van der Waals surface area contributed by atoms with E-state index in [4.69, 9.17) is 14.5 Å². The number of aliphatic hydroxyl groups is 1. The van der Waals surface area contributed by atoms with Crippen LogP contribution < -0.4 is 14.8 Å². The van der Waals surface area contributed by atoms with Gasteiger partial charge in [0.1, 0.15) is 11.3 Å². The third-order valence-electron chi connectivity index (χ3n) is 6.76. The fraction of sp³-hybridized carbons (Fsp3) is 0.267. The van der Waals surface area contributed by atoms with Crippen molar-refractivity contribution in [1.29, 1.82) is 0 Å². The highest BCUT2D eigenvalue weighted by atomic mass is 19.1. The largest absolute Gasteiger partial charge is 0.480 e. The van der Waals surface area contributed by atoms with Gasteiger partial charge in [0.05, 0.1) is 24.5 Å². The zero-order chi connectivity index (χ0) is 29.1. The first-order valence-electron chi connectivity index (χ1n) is 13.3. The summed E-state index contributed by atoms with van der Waals surface area (Å²) in [5.74, 6) is 0.295. The molecule has 0 aliphatic rings. The minimum Gasteiger partial charge on any atom is -0.480 e. The molecule has 212 valence electrons. The van der Waals surface area contributed by atoms with Crippen LogP contribution in [-0.2, 0) is 18.7 Å². The van der Waals surface area contributed by atoms with Gasteiger partial charge in [-0.1, -0.05) is 42.5 Å². The minimum atomic E-state index is -1.72. The van der Waals surface area contributed by atoms with Gasteiger partial charge in [-0.25, -0.2) is 9.37 Å². The molecule has 0 fully saturated rings. The van der Waals surface area contributed by atoms with Gasteiger partial charge in [-0.15, -0.1) is 0 Å². The fourth-order valence-corrected chi connectivity index (χ4v) is 4.81. The quantitative estimate of drug-likeness (QED) is 0.250. The van der Waals surface area contributed by atoms with E-state index in [1.165, 1.54) is 14.0 Å². The fourth-order valence-electron chi connectivity index (χ4n) is 4.81. The van der Waals surface area contributed by atoms with Crippen LogP contribution in [-0.4, -0.2) is 48.8 Å². The van der Waals surface area contributed by atoms with Crippen molar-refractivity contribution < 1.29 is 23.8 Å². The molecule has 5 rings (SSSR count). The molecule has 0 aliphatic heterocycles. The molecule has 11 heteroatoms. The number of aryl methyl sites for hydroxylation is 2. The maximum atomic E-state index is 13.4. The molecule has 0 aliphatic carbocycles. The van der Waals surface area contributed by atoms with Gasteiger partial charge >= 0.3 is 0 Å². The number of anilines is 1. The Morgan fingerprint density at radius 1 is 1.07 bits per heavy atom. The SMILES string of the molecule is CCn1cc(NC(=O)c2cc3c(nc2OC)nc(C(O)(c2ccccc2)c2ccc(OC(C)F)cc2)n3CC)cn1. The minimum absolute atomic E-state index is 0.0929. The van der Waals surface area contributed by atoms with Crippen LogP contribution >= 0.6 is 0 Å². The van der Waals surface area contributed by atoms with E-state index in [-0.39, 0.29) is 11.4 Å². The lowest BCUT2D eigenvalue weighted by atomic mass is 9.85. The summed E-state index contributed by atoms with van der Waals surface area (Å²) in [5.41, 5.74) is 0.920. The van der Waals surface area contributed by atoms with Crippen LogP contribution in [0, 0.1) is 0 Å². The Kier molecular flexibility index (Phi) is 7.71. The maximum absolute atomic E-state index is 13.4. The normalized spacial score (nSPS) is 13.5. The number of rotatable bonds is 10. The highest BCUT2D eigenvalue weighted by Crippen LogP contribution is 2.39. The summed E-state index contributed by atoms with van der Waals surface area (Å²) in [6, 6.07) is 17.3. The number of carbonyl (C=O) groups excluding carboxylic acids is 1. The number of alkyl halides is 1. The van der Waals surface area contributed by atoms with Gasteiger partial charge in [-0.2, -0.15) is 10.1 Å². The summed E-state index contributed by atoms with van der Waals surface area (Å²) in [6.07, 6.45) is 1.82. The summed E-state index contributed by atoms with van der Waals surface area (Å²) in [5, 5.41) is 19.5. The van der Waals surface area contributed by atoms with Crippen LogP contribution in [0.25, 0.3) is 11.2 Å². The molecular weight excluding hydrogens is 527 g/mol. The first-order valence-corrected chi connectivity index (χ1v) is 13.3. The van der Waals surface area contributed by atoms with Crippen molar-refractivity contribution in [2.75, 3.05) is 12.4 Å². The Bertz CT molecular complexity index is 1670. The van der Waals surface area contributed by atoms with Crippen molar-refractivity contribution in [1.82, 2.24) is 24.3 Å². The lowest BCUT2D eigenvalue weighted by molar-refractivity contribution is 0.0856. The Morgan fingerprint density at radius 3 is 2.39 bits per heavy atom. The second kappa shape index (κ2) is 11.4. The molecule has 5 aromatic rings. The van der Waals surface area contributed by atoms with E-state index in [2.05, 4.69) is 15.4 Å². The van der Waals surface area contributed by atoms with Gasteiger partial charge in [0.25, 0.3) is 5.91 Å². The van der Waals surface area contributed by atoms with E-state index in [1.54, 1.807) is 59.5 Å². The summed E-state index contributed by atoms with van der Waals surface area (Å²) in [6.45, 7) is 6.25. The smallest absolute Gasteiger partial charge is 0.261 e.